The van der Waals surface area contributed by atoms with Crippen LogP contribution >= 0.6 is 0 Å². The van der Waals surface area contributed by atoms with E-state index in [1.807, 2.05) is 37.3 Å². The lowest BCUT2D eigenvalue weighted by Gasteiger charge is -2.35. The molecule has 0 bridgehead atoms. The van der Waals surface area contributed by atoms with Crippen LogP contribution in [0.4, 0.5) is 29.0 Å². The zero-order valence-corrected chi connectivity index (χ0v) is 22.6. The third-order valence-corrected chi connectivity index (χ3v) is 7.50. The van der Waals surface area contributed by atoms with E-state index in [9.17, 15) is 13.2 Å². The van der Waals surface area contributed by atoms with Crippen molar-refractivity contribution < 1.29 is 13.2 Å². The molecule has 1 aliphatic rings. The van der Waals surface area contributed by atoms with Gasteiger partial charge in [-0.05, 0) is 43.3 Å². The van der Waals surface area contributed by atoms with Crippen molar-refractivity contribution in [3.63, 3.8) is 0 Å². The number of nitrogens with zero attached hydrogens (tertiary/aromatic N) is 6. The van der Waals surface area contributed by atoms with Crippen LogP contribution < -0.4 is 19.8 Å². The normalized spacial score (nSPS) is 13.7. The fourth-order valence-corrected chi connectivity index (χ4v) is 4.55. The van der Waals surface area contributed by atoms with Crippen molar-refractivity contribution in [2.45, 2.75) is 13.5 Å². The molecule has 0 spiro atoms. The first-order valence-electron chi connectivity index (χ1n) is 12.1. The molecule has 1 saturated heterocycles. The summed E-state index contributed by atoms with van der Waals surface area (Å²) >= 11 is 0. The van der Waals surface area contributed by atoms with E-state index < -0.39 is 10.0 Å². The summed E-state index contributed by atoms with van der Waals surface area (Å²) in [6.07, 6.45) is 5.79. The summed E-state index contributed by atoms with van der Waals surface area (Å²) in [4.78, 5) is 29.1. The van der Waals surface area contributed by atoms with Crippen LogP contribution in [0.1, 0.15) is 11.1 Å². The Kier molecular flexibility index (Phi) is 8.10. The van der Waals surface area contributed by atoms with Crippen molar-refractivity contribution in [2.24, 2.45) is 0 Å². The van der Waals surface area contributed by atoms with E-state index in [1.54, 1.807) is 23.4 Å². The Balaban J connectivity index is 1.40. The highest BCUT2D eigenvalue weighted by Crippen LogP contribution is 2.24. The predicted octanol–water partition coefficient (Wildman–Crippen LogP) is 2.77. The number of benzene rings is 1. The molecule has 11 nitrogen and oxygen atoms in total. The van der Waals surface area contributed by atoms with Gasteiger partial charge in [0.1, 0.15) is 11.6 Å². The van der Waals surface area contributed by atoms with Gasteiger partial charge in [0, 0.05) is 74.7 Å². The lowest BCUT2D eigenvalue weighted by molar-refractivity contribution is -0.126. The lowest BCUT2D eigenvalue weighted by atomic mass is 10.2. The number of hydrogen-bond donors (Lipinski definition) is 2. The quantitative estimate of drug-likeness (QED) is 0.397. The molecule has 4 rings (SSSR count). The van der Waals surface area contributed by atoms with Crippen LogP contribution in [0.5, 0.6) is 0 Å². The SMILES string of the molecule is C=CC(=O)N1CCN(c2ccc(Nc3ncc(C)c(NCc4cccnc4N(C)S(C)(=O)=O)n3)cc2)CC1. The summed E-state index contributed by atoms with van der Waals surface area (Å²) in [5.41, 5.74) is 3.49. The molecule has 3 aromatic rings. The number of nitrogens with one attached hydrogen (secondary N) is 2. The Morgan fingerprint density at radius 3 is 2.50 bits per heavy atom. The number of sulfonamides is 1. The molecule has 0 atom stereocenters. The monoisotopic (exact) mass is 536 g/mol. The van der Waals surface area contributed by atoms with Crippen molar-refractivity contribution >= 4 is 44.9 Å². The second-order valence-corrected chi connectivity index (χ2v) is 11.0. The Labute approximate surface area is 223 Å². The molecule has 0 saturated carbocycles. The van der Waals surface area contributed by atoms with Gasteiger partial charge in [0.15, 0.2) is 0 Å². The maximum Gasteiger partial charge on any atom is 0.246 e. The highest BCUT2D eigenvalue weighted by molar-refractivity contribution is 7.92. The first kappa shape index (κ1) is 26.9. The zero-order valence-electron chi connectivity index (χ0n) is 21.8. The van der Waals surface area contributed by atoms with Crippen LogP contribution in [0.15, 0.2) is 61.4 Å². The van der Waals surface area contributed by atoms with E-state index in [2.05, 4.69) is 37.1 Å². The molecule has 1 fully saturated rings. The molecule has 2 aromatic heterocycles. The van der Waals surface area contributed by atoms with E-state index in [4.69, 9.17) is 0 Å². The number of hydrogen-bond acceptors (Lipinski definition) is 9. The predicted molar refractivity (Wildman–Crippen MR) is 150 cm³/mol. The molecular formula is C26H32N8O3S. The highest BCUT2D eigenvalue weighted by atomic mass is 32.2. The lowest BCUT2D eigenvalue weighted by Crippen LogP contribution is -2.48. The third-order valence-electron chi connectivity index (χ3n) is 6.34. The molecular weight excluding hydrogens is 504 g/mol. The van der Waals surface area contributed by atoms with Gasteiger partial charge >= 0.3 is 0 Å². The van der Waals surface area contributed by atoms with Gasteiger partial charge in [-0.15, -0.1) is 0 Å². The van der Waals surface area contributed by atoms with Crippen LogP contribution in [0.3, 0.4) is 0 Å². The van der Waals surface area contributed by atoms with Crippen LogP contribution in [-0.2, 0) is 21.4 Å². The molecule has 0 aliphatic carbocycles. The van der Waals surface area contributed by atoms with Crippen molar-refractivity contribution in [1.82, 2.24) is 19.9 Å². The first-order chi connectivity index (χ1) is 18.2. The molecule has 0 radical (unpaired) electrons. The van der Waals surface area contributed by atoms with E-state index in [0.29, 0.717) is 37.2 Å². The fourth-order valence-electron chi connectivity index (χ4n) is 4.07. The van der Waals surface area contributed by atoms with Crippen LogP contribution in [0, 0.1) is 6.92 Å². The first-order valence-corrected chi connectivity index (χ1v) is 14.0. The summed E-state index contributed by atoms with van der Waals surface area (Å²) in [6.45, 7) is 8.66. The van der Waals surface area contributed by atoms with E-state index >= 15 is 0 Å². The third kappa shape index (κ3) is 6.38. The summed E-state index contributed by atoms with van der Waals surface area (Å²) < 4.78 is 25.2. The molecule has 38 heavy (non-hydrogen) atoms. The number of aryl methyl sites for hydroxylation is 1. The number of piperazine rings is 1. The van der Waals surface area contributed by atoms with Gasteiger partial charge in [0.05, 0.1) is 6.26 Å². The second kappa shape index (κ2) is 11.5. The Morgan fingerprint density at radius 1 is 1.13 bits per heavy atom. The average Bonchev–Trinajstić information content (AvgIpc) is 2.92. The number of carbonyl (C=O) groups is 1. The van der Waals surface area contributed by atoms with Gasteiger partial charge in [-0.25, -0.2) is 18.4 Å². The topological polar surface area (TPSA) is 124 Å². The van der Waals surface area contributed by atoms with Gasteiger partial charge in [0.2, 0.25) is 21.9 Å². The van der Waals surface area contributed by atoms with E-state index in [1.165, 1.54) is 13.1 Å². The average molecular weight is 537 g/mol. The Bertz CT molecular complexity index is 1400. The van der Waals surface area contributed by atoms with Crippen molar-refractivity contribution in [3.05, 3.63) is 72.6 Å². The number of pyridine rings is 1. The van der Waals surface area contributed by atoms with Crippen LogP contribution in [-0.4, -0.2) is 73.7 Å². The summed E-state index contributed by atoms with van der Waals surface area (Å²) in [5.74, 6) is 1.39. The number of aromatic nitrogens is 3. The fraction of sp³-hybridized carbons (Fsp3) is 0.308. The summed E-state index contributed by atoms with van der Waals surface area (Å²) in [6, 6.07) is 11.6. The van der Waals surface area contributed by atoms with E-state index in [-0.39, 0.29) is 5.91 Å². The molecule has 12 heteroatoms. The second-order valence-electron chi connectivity index (χ2n) is 8.98. The minimum absolute atomic E-state index is 0.0294. The van der Waals surface area contributed by atoms with Gasteiger partial charge < -0.3 is 20.4 Å². The largest absolute Gasteiger partial charge is 0.368 e. The minimum atomic E-state index is -3.44. The molecule has 2 N–H and O–H groups in total. The number of anilines is 5. The standard InChI is InChI=1S/C26H32N8O3S/c1-5-23(35)34-15-13-33(14-16-34)22-10-8-21(9-11-22)30-26-29-17-19(2)24(31-26)28-18-20-7-6-12-27-25(20)32(3)38(4,36)37/h5-12,17H,1,13-16,18H2,2-4H3,(H2,28,29,30,31). The number of rotatable bonds is 9. The van der Waals surface area contributed by atoms with Crippen molar-refractivity contribution in [3.8, 4) is 0 Å². The number of carbonyl (C=O) groups excluding carboxylic acids is 1. The van der Waals surface area contributed by atoms with Gasteiger partial charge in [0.25, 0.3) is 0 Å². The molecule has 1 aromatic carbocycles. The molecule has 200 valence electrons. The Morgan fingerprint density at radius 2 is 1.84 bits per heavy atom. The van der Waals surface area contributed by atoms with Gasteiger partial charge in [-0.1, -0.05) is 12.6 Å². The molecule has 3 heterocycles. The summed E-state index contributed by atoms with van der Waals surface area (Å²) in [7, 11) is -1.96. The van der Waals surface area contributed by atoms with Gasteiger partial charge in [-0.2, -0.15) is 4.98 Å². The van der Waals surface area contributed by atoms with Crippen LogP contribution in [0.25, 0.3) is 0 Å². The maximum absolute atomic E-state index is 12.0. The molecule has 1 aliphatic heterocycles. The maximum atomic E-state index is 12.0. The molecule has 1 amide bonds. The molecule has 0 unspecified atom stereocenters. The summed E-state index contributed by atoms with van der Waals surface area (Å²) in [5, 5.41) is 6.51. The van der Waals surface area contributed by atoms with Gasteiger partial charge in [-0.3, -0.25) is 9.10 Å². The Hall–Kier alpha value is -4.19. The van der Waals surface area contributed by atoms with Crippen LogP contribution in [0.2, 0.25) is 0 Å². The van der Waals surface area contributed by atoms with Crippen molar-refractivity contribution in [2.75, 3.05) is 59.3 Å². The number of amides is 1. The zero-order chi connectivity index (χ0) is 27.3. The van der Waals surface area contributed by atoms with Crippen molar-refractivity contribution in [1.29, 1.82) is 0 Å². The smallest absolute Gasteiger partial charge is 0.246 e. The minimum Gasteiger partial charge on any atom is -0.368 e. The van der Waals surface area contributed by atoms with E-state index in [0.717, 1.165) is 46.2 Å². The highest BCUT2D eigenvalue weighted by Gasteiger charge is 2.20.